The van der Waals surface area contributed by atoms with Gasteiger partial charge in [0, 0.05) is 12.2 Å². The maximum absolute atomic E-state index is 5.55. The van der Waals surface area contributed by atoms with Gasteiger partial charge in [-0.05, 0) is 64.4 Å². The second-order valence-electron chi connectivity index (χ2n) is 5.15. The van der Waals surface area contributed by atoms with E-state index in [4.69, 9.17) is 5.73 Å². The summed E-state index contributed by atoms with van der Waals surface area (Å²) in [5.41, 5.74) is 6.74. The molecule has 0 amide bonds. The van der Waals surface area contributed by atoms with Crippen LogP contribution in [0.3, 0.4) is 0 Å². The molecule has 1 saturated heterocycles. The maximum atomic E-state index is 5.55. The first kappa shape index (κ1) is 16.0. The zero-order valence-electron chi connectivity index (χ0n) is 12.3. The third kappa shape index (κ3) is 6.60. The van der Waals surface area contributed by atoms with Crippen LogP contribution in [0.25, 0.3) is 0 Å². The Hall–Kier alpha value is -1.06. The molecule has 0 atom stereocenters. The van der Waals surface area contributed by atoms with Gasteiger partial charge in [0.2, 0.25) is 0 Å². The van der Waals surface area contributed by atoms with Crippen molar-refractivity contribution in [2.75, 3.05) is 32.7 Å². The third-order valence-electron chi connectivity index (χ3n) is 3.70. The first-order valence-corrected chi connectivity index (χ1v) is 7.41. The molecule has 0 radical (unpaired) electrons. The van der Waals surface area contributed by atoms with Crippen LogP contribution in [0.5, 0.6) is 0 Å². The van der Waals surface area contributed by atoms with E-state index in [0.29, 0.717) is 0 Å². The molecule has 0 aromatic heterocycles. The fourth-order valence-electron chi connectivity index (χ4n) is 2.42. The Bertz CT molecular complexity index is 299. The van der Waals surface area contributed by atoms with Crippen LogP contribution >= 0.6 is 0 Å². The zero-order valence-corrected chi connectivity index (χ0v) is 12.3. The van der Waals surface area contributed by atoms with Gasteiger partial charge in [-0.2, -0.15) is 0 Å². The molecule has 0 unspecified atom stereocenters. The third-order valence-corrected chi connectivity index (χ3v) is 3.70. The van der Waals surface area contributed by atoms with Crippen LogP contribution in [0.4, 0.5) is 0 Å². The largest absolute Gasteiger partial charge is 0.385 e. The molecule has 0 saturated carbocycles. The Kier molecular flexibility index (Phi) is 8.26. The van der Waals surface area contributed by atoms with Crippen molar-refractivity contribution in [3.05, 3.63) is 36.6 Å². The molecule has 19 heavy (non-hydrogen) atoms. The van der Waals surface area contributed by atoms with Gasteiger partial charge in [-0.1, -0.05) is 24.8 Å². The number of hydrogen-bond acceptors (Lipinski definition) is 3. The summed E-state index contributed by atoms with van der Waals surface area (Å²) in [5, 5.41) is 3.52. The predicted octanol–water partition coefficient (Wildman–Crippen LogP) is 2.28. The van der Waals surface area contributed by atoms with E-state index in [1.165, 1.54) is 38.2 Å². The minimum Gasteiger partial charge on any atom is -0.385 e. The minimum atomic E-state index is 0.793. The molecule has 0 aliphatic carbocycles. The van der Waals surface area contributed by atoms with Gasteiger partial charge in [0.1, 0.15) is 0 Å². The molecule has 3 heteroatoms. The molecule has 0 aromatic rings. The summed E-state index contributed by atoms with van der Waals surface area (Å²) in [6.07, 6.45) is 11.7. The Morgan fingerprint density at radius 3 is 2.74 bits per heavy atom. The lowest BCUT2D eigenvalue weighted by Crippen LogP contribution is -2.38. The van der Waals surface area contributed by atoms with Gasteiger partial charge in [-0.25, -0.2) is 0 Å². The Morgan fingerprint density at radius 2 is 2.16 bits per heavy atom. The molecule has 0 aromatic carbocycles. The van der Waals surface area contributed by atoms with Gasteiger partial charge < -0.3 is 16.0 Å². The smallest absolute Gasteiger partial charge is 0.0296 e. The normalized spacial score (nSPS) is 18.9. The van der Waals surface area contributed by atoms with Crippen LogP contribution in [0.15, 0.2) is 36.6 Å². The fraction of sp³-hybridized carbons (Fsp3) is 0.625. The molecular formula is C16H29N3. The summed E-state index contributed by atoms with van der Waals surface area (Å²) in [7, 11) is 0. The van der Waals surface area contributed by atoms with Gasteiger partial charge in [-0.3, -0.25) is 0 Å². The van der Waals surface area contributed by atoms with Crippen LogP contribution < -0.4 is 11.1 Å². The highest BCUT2D eigenvalue weighted by Gasteiger charge is 2.18. The highest BCUT2D eigenvalue weighted by Crippen LogP contribution is 2.16. The second-order valence-corrected chi connectivity index (χ2v) is 5.15. The number of piperidine rings is 1. The van der Waals surface area contributed by atoms with Crippen molar-refractivity contribution >= 4 is 0 Å². The van der Waals surface area contributed by atoms with Gasteiger partial charge in [-0.15, -0.1) is 0 Å². The highest BCUT2D eigenvalue weighted by atomic mass is 15.1. The fourth-order valence-corrected chi connectivity index (χ4v) is 2.42. The van der Waals surface area contributed by atoms with Gasteiger partial charge >= 0.3 is 0 Å². The summed E-state index contributed by atoms with van der Waals surface area (Å²) in [4.78, 5) is 2.54. The maximum Gasteiger partial charge on any atom is 0.0296 e. The number of rotatable bonds is 8. The Labute approximate surface area is 118 Å². The molecule has 1 aliphatic rings. The Balaban J connectivity index is 2.21. The minimum absolute atomic E-state index is 0.793. The van der Waals surface area contributed by atoms with Gasteiger partial charge in [0.15, 0.2) is 0 Å². The first-order valence-electron chi connectivity index (χ1n) is 7.41. The highest BCUT2D eigenvalue weighted by molar-refractivity contribution is 5.19. The van der Waals surface area contributed by atoms with Crippen molar-refractivity contribution in [3.8, 4) is 0 Å². The van der Waals surface area contributed by atoms with E-state index in [1.807, 2.05) is 6.08 Å². The topological polar surface area (TPSA) is 41.3 Å². The standard InChI is InChI=1S/C16H29N3/c1-3-5-7-16(4-2)18-14-15-8-12-19(13-9-15)11-6-10-17/h3-5,7,15,18H,1,6,8-14,17H2,2H3/b7-5-,16-4+. The van der Waals surface area contributed by atoms with Crippen LogP contribution in [0, 0.1) is 5.92 Å². The van der Waals surface area contributed by atoms with Crippen molar-refractivity contribution < 1.29 is 0 Å². The molecular weight excluding hydrogens is 234 g/mol. The van der Waals surface area contributed by atoms with Crippen LogP contribution in [-0.4, -0.2) is 37.6 Å². The van der Waals surface area contributed by atoms with Gasteiger partial charge in [0.25, 0.3) is 0 Å². The number of hydrogen-bond donors (Lipinski definition) is 2. The summed E-state index contributed by atoms with van der Waals surface area (Å²) in [5.74, 6) is 0.793. The van der Waals surface area contributed by atoms with E-state index in [0.717, 1.165) is 25.4 Å². The van der Waals surface area contributed by atoms with E-state index in [-0.39, 0.29) is 0 Å². The molecule has 3 nitrogen and oxygen atoms in total. The van der Waals surface area contributed by atoms with Crippen molar-refractivity contribution in [2.24, 2.45) is 11.7 Å². The van der Waals surface area contributed by atoms with Gasteiger partial charge in [0.05, 0.1) is 0 Å². The quantitative estimate of drug-likeness (QED) is 0.660. The summed E-state index contributed by atoms with van der Waals surface area (Å²) in [6.45, 7) is 11.2. The van der Waals surface area contributed by atoms with Crippen molar-refractivity contribution in [3.63, 3.8) is 0 Å². The first-order chi connectivity index (χ1) is 9.30. The summed E-state index contributed by atoms with van der Waals surface area (Å²) < 4.78 is 0. The average molecular weight is 263 g/mol. The number of nitrogens with one attached hydrogen (secondary N) is 1. The molecule has 1 fully saturated rings. The van der Waals surface area contributed by atoms with E-state index < -0.39 is 0 Å². The molecule has 3 N–H and O–H groups in total. The van der Waals surface area contributed by atoms with E-state index in [1.54, 1.807) is 6.08 Å². The predicted molar refractivity (Wildman–Crippen MR) is 83.9 cm³/mol. The van der Waals surface area contributed by atoms with E-state index >= 15 is 0 Å². The van der Waals surface area contributed by atoms with Crippen LogP contribution in [-0.2, 0) is 0 Å². The molecule has 1 heterocycles. The summed E-state index contributed by atoms with van der Waals surface area (Å²) >= 11 is 0. The number of nitrogens with zero attached hydrogens (tertiary/aromatic N) is 1. The monoisotopic (exact) mass is 263 g/mol. The van der Waals surface area contributed by atoms with Crippen molar-refractivity contribution in [2.45, 2.75) is 26.2 Å². The lowest BCUT2D eigenvalue weighted by Gasteiger charge is -2.32. The molecule has 0 bridgehead atoms. The Morgan fingerprint density at radius 1 is 1.42 bits per heavy atom. The molecule has 108 valence electrons. The second kappa shape index (κ2) is 9.82. The van der Waals surface area contributed by atoms with Crippen LogP contribution in [0.1, 0.15) is 26.2 Å². The lowest BCUT2D eigenvalue weighted by molar-refractivity contribution is 0.183. The van der Waals surface area contributed by atoms with Crippen molar-refractivity contribution in [1.29, 1.82) is 0 Å². The molecule has 0 spiro atoms. The average Bonchev–Trinajstić information content (AvgIpc) is 2.46. The molecule has 1 rings (SSSR count). The van der Waals surface area contributed by atoms with E-state index in [2.05, 4.69) is 35.9 Å². The number of nitrogens with two attached hydrogens (primary N) is 1. The zero-order chi connectivity index (χ0) is 13.9. The number of likely N-dealkylation sites (tertiary alicyclic amines) is 1. The van der Waals surface area contributed by atoms with Crippen molar-refractivity contribution in [1.82, 2.24) is 10.2 Å². The lowest BCUT2D eigenvalue weighted by atomic mass is 9.96. The van der Waals surface area contributed by atoms with E-state index in [9.17, 15) is 0 Å². The SMILES string of the molecule is C=C/C=C\C(=C/C)NCC1CCN(CCCN)CC1. The van der Waals surface area contributed by atoms with Crippen LogP contribution in [0.2, 0.25) is 0 Å². The molecule has 1 aliphatic heterocycles. The number of allylic oxidation sites excluding steroid dienone is 4. The summed E-state index contributed by atoms with van der Waals surface area (Å²) in [6, 6.07) is 0.